The number of rotatable bonds is 10. The molecule has 0 aliphatic carbocycles. The molecule has 8 heteroatoms. The van der Waals surface area contributed by atoms with E-state index in [1.54, 1.807) is 30.2 Å². The standard InChI is InChI=1S/C28H33ClN2O5/c1-6-30(7-2)12-13-31-25(18-8-10-22(23(14-18)34-5)35-16-17(3)4)24-26(32)20-15-19(29)9-11-21(20)36-27(24)28(31)33/h8-11,14-15,17,25H,6-7,12-13,16H2,1-5H3. The molecule has 1 aliphatic rings. The van der Waals surface area contributed by atoms with E-state index in [0.29, 0.717) is 58.7 Å². The van der Waals surface area contributed by atoms with Crippen LogP contribution in [0.2, 0.25) is 5.02 Å². The van der Waals surface area contributed by atoms with Crippen molar-refractivity contribution in [2.45, 2.75) is 33.7 Å². The lowest BCUT2D eigenvalue weighted by Gasteiger charge is -2.28. The van der Waals surface area contributed by atoms with Crippen molar-refractivity contribution in [2.24, 2.45) is 5.92 Å². The van der Waals surface area contributed by atoms with Crippen molar-refractivity contribution in [1.29, 1.82) is 0 Å². The fourth-order valence-corrected chi connectivity index (χ4v) is 4.76. The van der Waals surface area contributed by atoms with Gasteiger partial charge in [0.15, 0.2) is 16.9 Å². The van der Waals surface area contributed by atoms with Crippen molar-refractivity contribution < 1.29 is 18.7 Å². The number of ether oxygens (including phenoxy) is 2. The molecule has 0 fully saturated rings. The molecule has 2 aromatic carbocycles. The van der Waals surface area contributed by atoms with Gasteiger partial charge in [-0.05, 0) is 54.9 Å². The SMILES string of the molecule is CCN(CC)CCN1C(=O)c2oc3ccc(Cl)cc3c(=O)c2C1c1ccc(OCC(C)C)c(OC)c1. The van der Waals surface area contributed by atoms with Crippen LogP contribution < -0.4 is 14.9 Å². The van der Waals surface area contributed by atoms with Crippen molar-refractivity contribution in [3.8, 4) is 11.5 Å². The minimum absolute atomic E-state index is 0.0819. The quantitative estimate of drug-likeness (QED) is 0.363. The molecule has 1 unspecified atom stereocenters. The Kier molecular flexibility index (Phi) is 7.91. The van der Waals surface area contributed by atoms with Gasteiger partial charge in [-0.15, -0.1) is 0 Å². The monoisotopic (exact) mass is 512 g/mol. The molecular formula is C28H33ClN2O5. The second kappa shape index (κ2) is 10.9. The topological polar surface area (TPSA) is 72.2 Å². The van der Waals surface area contributed by atoms with Gasteiger partial charge in [0.2, 0.25) is 5.76 Å². The van der Waals surface area contributed by atoms with E-state index in [2.05, 4.69) is 32.6 Å². The van der Waals surface area contributed by atoms with Crippen molar-refractivity contribution >= 4 is 28.5 Å². The molecule has 192 valence electrons. The summed E-state index contributed by atoms with van der Waals surface area (Å²) in [6.45, 7) is 11.7. The van der Waals surface area contributed by atoms with E-state index in [-0.39, 0.29) is 17.1 Å². The van der Waals surface area contributed by atoms with E-state index in [0.717, 1.165) is 18.7 Å². The molecule has 7 nitrogen and oxygen atoms in total. The minimum atomic E-state index is -0.615. The van der Waals surface area contributed by atoms with Crippen LogP contribution >= 0.6 is 11.6 Å². The van der Waals surface area contributed by atoms with Crippen LogP contribution in [0.25, 0.3) is 11.0 Å². The molecule has 1 amide bonds. The van der Waals surface area contributed by atoms with Gasteiger partial charge in [-0.1, -0.05) is 45.4 Å². The minimum Gasteiger partial charge on any atom is -0.493 e. The van der Waals surface area contributed by atoms with Crippen LogP contribution in [-0.2, 0) is 0 Å². The van der Waals surface area contributed by atoms with Crippen LogP contribution in [0, 0.1) is 5.92 Å². The predicted molar refractivity (Wildman–Crippen MR) is 141 cm³/mol. The maximum absolute atomic E-state index is 13.7. The van der Waals surface area contributed by atoms with E-state index in [1.807, 2.05) is 18.2 Å². The summed E-state index contributed by atoms with van der Waals surface area (Å²) in [6.07, 6.45) is 0. The summed E-state index contributed by atoms with van der Waals surface area (Å²) < 4.78 is 17.6. The maximum atomic E-state index is 13.7. The van der Waals surface area contributed by atoms with Gasteiger partial charge in [0.05, 0.1) is 30.7 Å². The molecule has 0 radical (unpaired) electrons. The summed E-state index contributed by atoms with van der Waals surface area (Å²) in [7, 11) is 1.58. The highest BCUT2D eigenvalue weighted by Crippen LogP contribution is 2.41. The zero-order valence-corrected chi connectivity index (χ0v) is 22.2. The fourth-order valence-electron chi connectivity index (χ4n) is 4.59. The van der Waals surface area contributed by atoms with Crippen LogP contribution in [0.4, 0.5) is 0 Å². The molecule has 0 bridgehead atoms. The highest BCUT2D eigenvalue weighted by molar-refractivity contribution is 6.31. The van der Waals surface area contributed by atoms with E-state index in [4.69, 9.17) is 25.5 Å². The highest BCUT2D eigenvalue weighted by Gasteiger charge is 2.43. The van der Waals surface area contributed by atoms with Gasteiger partial charge in [-0.2, -0.15) is 0 Å². The van der Waals surface area contributed by atoms with E-state index in [9.17, 15) is 9.59 Å². The van der Waals surface area contributed by atoms with Gasteiger partial charge in [0, 0.05) is 18.1 Å². The Morgan fingerprint density at radius 1 is 1.08 bits per heavy atom. The Morgan fingerprint density at radius 2 is 1.83 bits per heavy atom. The summed E-state index contributed by atoms with van der Waals surface area (Å²) >= 11 is 6.18. The third-order valence-electron chi connectivity index (χ3n) is 6.55. The fraction of sp³-hybridized carbons (Fsp3) is 0.429. The average molecular weight is 513 g/mol. The number of carbonyl (C=O) groups is 1. The second-order valence-electron chi connectivity index (χ2n) is 9.36. The van der Waals surface area contributed by atoms with Crippen LogP contribution in [0.1, 0.15) is 55.4 Å². The molecular weight excluding hydrogens is 480 g/mol. The Bertz CT molecular complexity index is 1320. The van der Waals surface area contributed by atoms with E-state index < -0.39 is 6.04 Å². The molecule has 4 rings (SSSR count). The largest absolute Gasteiger partial charge is 0.493 e. The first kappa shape index (κ1) is 26.0. The van der Waals surface area contributed by atoms with Gasteiger partial charge in [-0.25, -0.2) is 0 Å². The Balaban J connectivity index is 1.84. The summed E-state index contributed by atoms with van der Waals surface area (Å²) in [5.74, 6) is 1.31. The lowest BCUT2D eigenvalue weighted by atomic mass is 9.98. The number of likely N-dealkylation sites (N-methyl/N-ethyl adjacent to an activating group) is 1. The maximum Gasteiger partial charge on any atom is 0.290 e. The Morgan fingerprint density at radius 3 is 2.50 bits per heavy atom. The van der Waals surface area contributed by atoms with Crippen LogP contribution in [0.3, 0.4) is 0 Å². The molecule has 3 aromatic rings. The summed E-state index contributed by atoms with van der Waals surface area (Å²) in [5, 5.41) is 0.788. The number of carbonyl (C=O) groups excluding carboxylic acids is 1. The van der Waals surface area contributed by atoms with Gasteiger partial charge in [0.1, 0.15) is 5.58 Å². The normalized spacial score (nSPS) is 15.3. The van der Waals surface area contributed by atoms with Crippen molar-refractivity contribution in [3.63, 3.8) is 0 Å². The number of hydrogen-bond donors (Lipinski definition) is 0. The molecule has 1 aliphatic heterocycles. The molecule has 2 heterocycles. The number of nitrogens with zero attached hydrogens (tertiary/aromatic N) is 2. The number of methoxy groups -OCH3 is 1. The lowest BCUT2D eigenvalue weighted by Crippen LogP contribution is -2.37. The van der Waals surface area contributed by atoms with Crippen molar-refractivity contribution in [3.05, 3.63) is 68.5 Å². The smallest absolute Gasteiger partial charge is 0.290 e. The van der Waals surface area contributed by atoms with Gasteiger partial charge in [-0.3, -0.25) is 9.59 Å². The number of benzene rings is 2. The zero-order chi connectivity index (χ0) is 26.0. The first-order valence-corrected chi connectivity index (χ1v) is 12.8. The lowest BCUT2D eigenvalue weighted by molar-refractivity contribution is 0.0708. The predicted octanol–water partition coefficient (Wildman–Crippen LogP) is 5.38. The zero-order valence-electron chi connectivity index (χ0n) is 21.5. The molecule has 0 N–H and O–H groups in total. The molecule has 0 saturated carbocycles. The summed E-state index contributed by atoms with van der Waals surface area (Å²) in [5.41, 5.74) is 1.17. The summed E-state index contributed by atoms with van der Waals surface area (Å²) in [4.78, 5) is 31.3. The Labute approximate surface area is 216 Å². The number of fused-ring (bicyclic) bond motifs is 2. The highest BCUT2D eigenvalue weighted by atomic mass is 35.5. The number of amides is 1. The van der Waals surface area contributed by atoms with Gasteiger partial charge in [0.25, 0.3) is 5.91 Å². The molecule has 1 aromatic heterocycles. The third-order valence-corrected chi connectivity index (χ3v) is 6.79. The van der Waals surface area contributed by atoms with Crippen LogP contribution in [-0.4, -0.2) is 55.6 Å². The van der Waals surface area contributed by atoms with Crippen molar-refractivity contribution in [1.82, 2.24) is 9.80 Å². The first-order chi connectivity index (χ1) is 17.3. The molecule has 0 saturated heterocycles. The second-order valence-corrected chi connectivity index (χ2v) is 9.79. The molecule has 36 heavy (non-hydrogen) atoms. The molecule has 0 spiro atoms. The molecule has 1 atom stereocenters. The van der Waals surface area contributed by atoms with Gasteiger partial charge < -0.3 is 23.7 Å². The number of hydrogen-bond acceptors (Lipinski definition) is 6. The average Bonchev–Trinajstić information content (AvgIpc) is 3.15. The first-order valence-electron chi connectivity index (χ1n) is 12.4. The third kappa shape index (κ3) is 4.95. The van der Waals surface area contributed by atoms with E-state index in [1.165, 1.54) is 0 Å². The summed E-state index contributed by atoms with van der Waals surface area (Å²) in [6, 6.07) is 9.81. The number of halogens is 1. The van der Waals surface area contributed by atoms with Crippen LogP contribution in [0.15, 0.2) is 45.6 Å². The Hall–Kier alpha value is -3.03. The van der Waals surface area contributed by atoms with Crippen molar-refractivity contribution in [2.75, 3.05) is 39.9 Å². The van der Waals surface area contributed by atoms with Gasteiger partial charge >= 0.3 is 0 Å². The van der Waals surface area contributed by atoms with E-state index >= 15 is 0 Å². The van der Waals surface area contributed by atoms with Crippen LogP contribution in [0.5, 0.6) is 11.5 Å².